The Morgan fingerprint density at radius 3 is 2.90 bits per heavy atom. The van der Waals surface area contributed by atoms with Gasteiger partial charge in [0.2, 0.25) is 0 Å². The number of hydrogen-bond donors (Lipinski definition) is 0. The highest BCUT2D eigenvalue weighted by atomic mass is 32.2. The van der Waals surface area contributed by atoms with Gasteiger partial charge in [-0.25, -0.2) is 8.42 Å². The van der Waals surface area contributed by atoms with Gasteiger partial charge < -0.3 is 4.74 Å². The summed E-state index contributed by atoms with van der Waals surface area (Å²) in [5, 5.41) is 8.80. The van der Waals surface area contributed by atoms with Crippen molar-refractivity contribution in [1.82, 2.24) is 0 Å². The van der Waals surface area contributed by atoms with Crippen molar-refractivity contribution in [3.63, 3.8) is 0 Å². The first kappa shape index (κ1) is 16.1. The van der Waals surface area contributed by atoms with Crippen LogP contribution in [0.4, 0.5) is 0 Å². The second kappa shape index (κ2) is 7.16. The lowest BCUT2D eigenvalue weighted by Gasteiger charge is -2.09. The zero-order valence-corrected chi connectivity index (χ0v) is 13.2. The molecule has 7 heteroatoms. The van der Waals surface area contributed by atoms with E-state index in [1.165, 1.54) is 18.2 Å². The summed E-state index contributed by atoms with van der Waals surface area (Å²) in [5.41, 5.74) is 0.302. The Kier molecular flexibility index (Phi) is 5.51. The fourth-order valence-corrected chi connectivity index (χ4v) is 5.44. The highest BCUT2D eigenvalue weighted by Crippen LogP contribution is 2.15. The molecule has 1 heterocycles. The standard InChI is InChI=1S/C14H17NO4S2/c15-10-12-3-1-5-14(9-12)21(17,18)8-7-20(16)11-13-4-2-6-19-13/h1,3,5,9,13H,2,4,6-8,11H2. The van der Waals surface area contributed by atoms with Gasteiger partial charge in [-0.3, -0.25) is 4.21 Å². The summed E-state index contributed by atoms with van der Waals surface area (Å²) >= 11 is 0. The number of ether oxygens (including phenoxy) is 1. The fraction of sp³-hybridized carbons (Fsp3) is 0.500. The van der Waals surface area contributed by atoms with Crippen LogP contribution in [0.2, 0.25) is 0 Å². The molecule has 1 fully saturated rings. The molecule has 5 nitrogen and oxygen atoms in total. The smallest absolute Gasteiger partial charge is 0.179 e. The Hall–Kier alpha value is -1.23. The third-order valence-corrected chi connectivity index (χ3v) is 6.67. The van der Waals surface area contributed by atoms with E-state index < -0.39 is 20.6 Å². The molecule has 0 spiro atoms. The molecule has 1 aromatic carbocycles. The summed E-state index contributed by atoms with van der Waals surface area (Å²) in [6.07, 6.45) is 1.86. The zero-order valence-electron chi connectivity index (χ0n) is 11.5. The molecule has 1 saturated heterocycles. The van der Waals surface area contributed by atoms with E-state index in [2.05, 4.69) is 0 Å². The first-order valence-corrected chi connectivity index (χ1v) is 9.85. The number of nitrogens with zero attached hydrogens (tertiary/aromatic N) is 1. The van der Waals surface area contributed by atoms with Gasteiger partial charge in [0.05, 0.1) is 28.4 Å². The lowest BCUT2D eigenvalue weighted by atomic mass is 10.2. The number of sulfone groups is 1. The largest absolute Gasteiger partial charge is 0.377 e. The van der Waals surface area contributed by atoms with Gasteiger partial charge in [-0.05, 0) is 31.0 Å². The van der Waals surface area contributed by atoms with E-state index in [9.17, 15) is 12.6 Å². The van der Waals surface area contributed by atoms with Crippen molar-refractivity contribution >= 4 is 20.6 Å². The van der Waals surface area contributed by atoms with Crippen molar-refractivity contribution < 1.29 is 17.4 Å². The lowest BCUT2D eigenvalue weighted by molar-refractivity contribution is 0.128. The van der Waals surface area contributed by atoms with Gasteiger partial charge in [0, 0.05) is 28.9 Å². The van der Waals surface area contributed by atoms with Gasteiger partial charge in [0.25, 0.3) is 0 Å². The van der Waals surface area contributed by atoms with E-state index in [1.807, 2.05) is 6.07 Å². The molecular formula is C14H17NO4S2. The lowest BCUT2D eigenvalue weighted by Crippen LogP contribution is -2.21. The molecule has 2 atom stereocenters. The molecular weight excluding hydrogens is 310 g/mol. The summed E-state index contributed by atoms with van der Waals surface area (Å²) in [5.74, 6) is 0.313. The minimum Gasteiger partial charge on any atom is -0.377 e. The molecule has 0 aliphatic carbocycles. The summed E-state index contributed by atoms with van der Waals surface area (Å²) < 4.78 is 41.6. The van der Waals surface area contributed by atoms with Gasteiger partial charge in [-0.1, -0.05) is 6.07 Å². The maximum absolute atomic E-state index is 12.2. The minimum atomic E-state index is -3.51. The number of nitriles is 1. The Bertz CT molecular complexity index is 658. The molecule has 0 N–H and O–H groups in total. The first-order valence-electron chi connectivity index (χ1n) is 6.71. The molecule has 21 heavy (non-hydrogen) atoms. The van der Waals surface area contributed by atoms with Crippen molar-refractivity contribution in [3.05, 3.63) is 29.8 Å². The average molecular weight is 327 g/mol. The predicted molar refractivity (Wildman–Crippen MR) is 80.1 cm³/mol. The van der Waals surface area contributed by atoms with Gasteiger partial charge in [-0.15, -0.1) is 0 Å². The fourth-order valence-electron chi connectivity index (χ4n) is 2.15. The minimum absolute atomic E-state index is 0.00421. The van der Waals surface area contributed by atoms with Crippen LogP contribution < -0.4 is 0 Å². The molecule has 0 bridgehead atoms. The van der Waals surface area contributed by atoms with E-state index in [0.29, 0.717) is 17.9 Å². The van der Waals surface area contributed by atoms with Crippen LogP contribution in [0.3, 0.4) is 0 Å². The Morgan fingerprint density at radius 1 is 1.43 bits per heavy atom. The second-order valence-electron chi connectivity index (χ2n) is 4.90. The van der Waals surface area contributed by atoms with Crippen molar-refractivity contribution in [2.45, 2.75) is 23.8 Å². The van der Waals surface area contributed by atoms with E-state index in [0.717, 1.165) is 12.8 Å². The molecule has 0 saturated carbocycles. The first-order chi connectivity index (χ1) is 10.0. The SMILES string of the molecule is N#Cc1cccc(S(=O)(=O)CCS(=O)CC2CCCO2)c1. The van der Waals surface area contributed by atoms with Crippen LogP contribution in [0.25, 0.3) is 0 Å². The van der Waals surface area contributed by atoms with Crippen molar-refractivity contribution in [2.24, 2.45) is 0 Å². The molecule has 0 amide bonds. The van der Waals surface area contributed by atoms with Crippen molar-refractivity contribution in [1.29, 1.82) is 5.26 Å². The monoisotopic (exact) mass is 327 g/mol. The van der Waals surface area contributed by atoms with Gasteiger partial charge in [-0.2, -0.15) is 5.26 Å². The van der Waals surface area contributed by atoms with Crippen LogP contribution in [0.5, 0.6) is 0 Å². The summed E-state index contributed by atoms with van der Waals surface area (Å²) in [6.45, 7) is 0.696. The average Bonchev–Trinajstić information content (AvgIpc) is 2.98. The quantitative estimate of drug-likeness (QED) is 0.785. The van der Waals surface area contributed by atoms with Gasteiger partial charge in [0.1, 0.15) is 0 Å². The van der Waals surface area contributed by atoms with E-state index in [1.54, 1.807) is 6.07 Å². The summed E-state index contributed by atoms with van der Waals surface area (Å²) in [7, 11) is -4.71. The summed E-state index contributed by atoms with van der Waals surface area (Å²) in [4.78, 5) is 0.107. The third kappa shape index (κ3) is 4.63. The van der Waals surface area contributed by atoms with Crippen LogP contribution >= 0.6 is 0 Å². The predicted octanol–water partition coefficient (Wildman–Crippen LogP) is 1.26. The van der Waals surface area contributed by atoms with Crippen LogP contribution in [0, 0.1) is 11.3 Å². The molecule has 114 valence electrons. The van der Waals surface area contributed by atoms with Crippen LogP contribution in [0.1, 0.15) is 18.4 Å². The normalized spacial score (nSPS) is 20.0. The third-order valence-electron chi connectivity index (χ3n) is 3.30. The van der Waals surface area contributed by atoms with Gasteiger partial charge in [0.15, 0.2) is 9.84 Å². The van der Waals surface area contributed by atoms with Crippen LogP contribution in [-0.2, 0) is 25.4 Å². The molecule has 0 aromatic heterocycles. The number of hydrogen-bond acceptors (Lipinski definition) is 5. The zero-order chi connectivity index (χ0) is 15.3. The second-order valence-corrected chi connectivity index (χ2v) is 8.63. The summed E-state index contributed by atoms with van der Waals surface area (Å²) in [6, 6.07) is 7.80. The van der Waals surface area contributed by atoms with Crippen LogP contribution in [-0.4, -0.2) is 42.6 Å². The number of benzene rings is 1. The Balaban J connectivity index is 1.94. The van der Waals surface area contributed by atoms with Gasteiger partial charge >= 0.3 is 0 Å². The van der Waals surface area contributed by atoms with E-state index in [4.69, 9.17) is 10.00 Å². The molecule has 2 rings (SSSR count). The maximum atomic E-state index is 12.2. The van der Waals surface area contributed by atoms with Crippen molar-refractivity contribution in [3.8, 4) is 6.07 Å². The number of rotatable bonds is 6. The highest BCUT2D eigenvalue weighted by Gasteiger charge is 2.21. The van der Waals surface area contributed by atoms with E-state index >= 15 is 0 Å². The Morgan fingerprint density at radius 2 is 2.24 bits per heavy atom. The van der Waals surface area contributed by atoms with Crippen LogP contribution in [0.15, 0.2) is 29.2 Å². The molecule has 1 aliphatic rings. The Labute approximate surface area is 127 Å². The van der Waals surface area contributed by atoms with Crippen molar-refractivity contribution in [2.75, 3.05) is 23.9 Å². The topological polar surface area (TPSA) is 84.2 Å². The molecule has 1 aromatic rings. The molecule has 2 unspecified atom stereocenters. The maximum Gasteiger partial charge on any atom is 0.179 e. The van der Waals surface area contributed by atoms with E-state index in [-0.39, 0.29) is 22.5 Å². The highest BCUT2D eigenvalue weighted by molar-refractivity contribution is 7.93. The molecule has 0 radical (unpaired) electrons. The molecule has 1 aliphatic heterocycles.